The molecule has 0 N–H and O–H groups in total. The first-order chi connectivity index (χ1) is 16.0. The Kier molecular flexibility index (Phi) is 8.47. The largest absolute Gasteiger partial charge is 0.300 e. The van der Waals surface area contributed by atoms with Crippen molar-refractivity contribution < 1.29 is 0 Å². The van der Waals surface area contributed by atoms with Crippen molar-refractivity contribution in [3.63, 3.8) is 0 Å². The lowest BCUT2D eigenvalue weighted by atomic mass is 9.71. The minimum Gasteiger partial charge on any atom is -0.300 e. The minimum absolute atomic E-state index is 0.166. The van der Waals surface area contributed by atoms with Gasteiger partial charge >= 0.3 is 0 Å². The zero-order valence-electron chi connectivity index (χ0n) is 20.6. The molecule has 0 heterocycles. The average molecular weight is 487 g/mol. The van der Waals surface area contributed by atoms with Gasteiger partial charge in [-0.25, -0.2) is 0 Å². The van der Waals surface area contributed by atoms with Crippen molar-refractivity contribution in [2.24, 2.45) is 0 Å². The molecule has 2 aliphatic carbocycles. The molecule has 0 bridgehead atoms. The first-order valence-corrected chi connectivity index (χ1v) is 14.0. The third kappa shape index (κ3) is 5.63. The molecule has 1 nitrogen and oxygen atoms in total. The Balaban J connectivity index is 1.53. The number of alkyl halides is 2. The van der Waals surface area contributed by atoms with E-state index in [1.165, 1.54) is 60.9 Å². The predicted octanol–water partition coefficient (Wildman–Crippen LogP) is 8.59. The highest BCUT2D eigenvalue weighted by Gasteiger charge is 2.43. The van der Waals surface area contributed by atoms with Crippen LogP contribution in [0.1, 0.15) is 93.9 Å². The molecule has 1 atom stereocenters. The third-order valence-electron chi connectivity index (χ3n) is 8.19. The summed E-state index contributed by atoms with van der Waals surface area (Å²) in [5.74, 6) is 0. The van der Waals surface area contributed by atoms with Gasteiger partial charge in [-0.3, -0.25) is 0 Å². The average Bonchev–Trinajstić information content (AvgIpc) is 2.80. The molecule has 2 fully saturated rings. The third-order valence-corrected chi connectivity index (χ3v) is 9.35. The van der Waals surface area contributed by atoms with E-state index < -0.39 is 0 Å². The Morgan fingerprint density at radius 3 is 1.88 bits per heavy atom. The van der Waals surface area contributed by atoms with Gasteiger partial charge in [-0.05, 0) is 99.4 Å². The normalized spacial score (nSPS) is 19.7. The van der Waals surface area contributed by atoms with Crippen LogP contribution in [0.25, 0.3) is 0 Å². The molecular weight excluding hydrogens is 445 g/mol. The van der Waals surface area contributed by atoms with Crippen LogP contribution in [0.3, 0.4) is 0 Å². The Bertz CT molecular complexity index is 847. The van der Waals surface area contributed by atoms with Gasteiger partial charge in [0.25, 0.3) is 0 Å². The van der Waals surface area contributed by atoms with Crippen LogP contribution in [0.4, 0.5) is 0 Å². The predicted molar refractivity (Wildman–Crippen MR) is 144 cm³/mol. The molecule has 180 valence electrons. The van der Waals surface area contributed by atoms with Crippen LogP contribution in [0, 0.1) is 0 Å². The quantitative estimate of drug-likeness (QED) is 0.272. The summed E-state index contributed by atoms with van der Waals surface area (Å²) in [5, 5.41) is 0. The highest BCUT2D eigenvalue weighted by Crippen LogP contribution is 2.53. The van der Waals surface area contributed by atoms with E-state index in [0.29, 0.717) is 6.04 Å². The molecule has 33 heavy (non-hydrogen) atoms. The van der Waals surface area contributed by atoms with E-state index in [0.717, 1.165) is 45.1 Å². The summed E-state index contributed by atoms with van der Waals surface area (Å²) in [6.07, 6.45) is 12.6. The van der Waals surface area contributed by atoms with Crippen LogP contribution in [0.2, 0.25) is 0 Å². The maximum Gasteiger partial charge on any atom is 0.0697 e. The van der Waals surface area contributed by atoms with Crippen molar-refractivity contribution in [3.8, 4) is 0 Å². The fourth-order valence-electron chi connectivity index (χ4n) is 5.85. The second-order valence-corrected chi connectivity index (χ2v) is 11.8. The van der Waals surface area contributed by atoms with Crippen LogP contribution in [0.15, 0.2) is 48.5 Å². The standard InChI is InChI=1S/C30H41Cl2N/c1-3-22-33(23-17-24-11-6-5-7-12-24)25(4-2)15-16-26-27(29(31)18-9-19-29)13-8-14-28(26)30(32)20-10-21-30/h5-8,11-14,25H,3-4,9-10,15-23H2,1-2H3. The van der Waals surface area contributed by atoms with E-state index in [2.05, 4.69) is 67.3 Å². The van der Waals surface area contributed by atoms with Crippen LogP contribution in [-0.2, 0) is 22.6 Å². The molecule has 4 rings (SSSR count). The molecule has 0 aliphatic heterocycles. The van der Waals surface area contributed by atoms with E-state index in [9.17, 15) is 0 Å². The number of halogens is 2. The van der Waals surface area contributed by atoms with E-state index in [1.54, 1.807) is 0 Å². The first-order valence-electron chi connectivity index (χ1n) is 13.3. The van der Waals surface area contributed by atoms with E-state index >= 15 is 0 Å². The van der Waals surface area contributed by atoms with Crippen molar-refractivity contribution in [1.29, 1.82) is 0 Å². The lowest BCUT2D eigenvalue weighted by molar-refractivity contribution is 0.183. The molecule has 1 unspecified atom stereocenters. The highest BCUT2D eigenvalue weighted by atomic mass is 35.5. The summed E-state index contributed by atoms with van der Waals surface area (Å²) in [6, 6.07) is 18.3. The minimum atomic E-state index is -0.166. The van der Waals surface area contributed by atoms with Gasteiger partial charge in [0, 0.05) is 12.6 Å². The summed E-state index contributed by atoms with van der Waals surface area (Å²) >= 11 is 14.3. The molecule has 3 heteroatoms. The Labute approximate surface area is 211 Å². The number of hydrogen-bond donors (Lipinski definition) is 0. The van der Waals surface area contributed by atoms with Crippen molar-refractivity contribution in [3.05, 3.63) is 70.8 Å². The Hall–Kier alpha value is -1.02. The molecule has 0 spiro atoms. The van der Waals surface area contributed by atoms with Gasteiger partial charge in [-0.1, -0.05) is 62.4 Å². The van der Waals surface area contributed by atoms with Crippen LogP contribution >= 0.6 is 23.2 Å². The topological polar surface area (TPSA) is 3.24 Å². The van der Waals surface area contributed by atoms with Crippen LogP contribution < -0.4 is 0 Å². The second kappa shape index (κ2) is 11.1. The maximum atomic E-state index is 7.15. The number of nitrogens with zero attached hydrogens (tertiary/aromatic N) is 1. The second-order valence-electron chi connectivity index (χ2n) is 10.3. The summed E-state index contributed by atoms with van der Waals surface area (Å²) in [6.45, 7) is 6.95. The van der Waals surface area contributed by atoms with Crippen molar-refractivity contribution >= 4 is 23.2 Å². The summed E-state index contributed by atoms with van der Waals surface area (Å²) in [5.41, 5.74) is 5.66. The van der Waals surface area contributed by atoms with Crippen molar-refractivity contribution in [2.45, 2.75) is 100 Å². The first kappa shape index (κ1) is 25.1. The van der Waals surface area contributed by atoms with Crippen LogP contribution in [-0.4, -0.2) is 24.0 Å². The fourth-order valence-corrected chi connectivity index (χ4v) is 6.73. The Morgan fingerprint density at radius 1 is 0.788 bits per heavy atom. The van der Waals surface area contributed by atoms with Crippen molar-refractivity contribution in [1.82, 2.24) is 4.90 Å². The molecule has 0 saturated heterocycles. The molecule has 2 aromatic carbocycles. The molecule has 0 radical (unpaired) electrons. The number of benzene rings is 2. The summed E-state index contributed by atoms with van der Waals surface area (Å²) < 4.78 is 0. The van der Waals surface area contributed by atoms with E-state index in [4.69, 9.17) is 23.2 Å². The smallest absolute Gasteiger partial charge is 0.0697 e. The van der Waals surface area contributed by atoms with Gasteiger partial charge in [-0.15, -0.1) is 23.2 Å². The molecule has 0 aromatic heterocycles. The molecule has 0 amide bonds. The zero-order valence-corrected chi connectivity index (χ0v) is 22.1. The fraction of sp³-hybridized carbons (Fsp3) is 0.600. The van der Waals surface area contributed by atoms with Crippen molar-refractivity contribution in [2.75, 3.05) is 13.1 Å². The molecule has 2 aromatic rings. The lowest BCUT2D eigenvalue weighted by Gasteiger charge is -2.42. The monoisotopic (exact) mass is 485 g/mol. The molecular formula is C30H41Cl2N. The van der Waals surface area contributed by atoms with Gasteiger partial charge in [0.05, 0.1) is 9.75 Å². The van der Waals surface area contributed by atoms with Gasteiger partial charge in [-0.2, -0.15) is 0 Å². The highest BCUT2D eigenvalue weighted by molar-refractivity contribution is 6.25. The van der Waals surface area contributed by atoms with Gasteiger partial charge < -0.3 is 4.90 Å². The van der Waals surface area contributed by atoms with E-state index in [-0.39, 0.29) is 9.75 Å². The molecule has 2 aliphatic rings. The van der Waals surface area contributed by atoms with E-state index in [1.807, 2.05) is 0 Å². The lowest BCUT2D eigenvalue weighted by Crippen LogP contribution is -2.38. The van der Waals surface area contributed by atoms with Crippen LogP contribution in [0.5, 0.6) is 0 Å². The zero-order chi connectivity index (χ0) is 23.3. The number of hydrogen-bond acceptors (Lipinski definition) is 1. The molecule has 2 saturated carbocycles. The summed E-state index contributed by atoms with van der Waals surface area (Å²) in [7, 11) is 0. The maximum absolute atomic E-state index is 7.15. The van der Waals surface area contributed by atoms with Gasteiger partial charge in [0.1, 0.15) is 0 Å². The number of rotatable bonds is 12. The summed E-state index contributed by atoms with van der Waals surface area (Å²) in [4.78, 5) is 2.40. The SMILES string of the molecule is CCCN(CCc1ccccc1)C(CC)CCc1c(C2(Cl)CCC2)cccc1C1(Cl)CCC1. The van der Waals surface area contributed by atoms with Gasteiger partial charge in [0.2, 0.25) is 0 Å². The Morgan fingerprint density at radius 2 is 1.39 bits per heavy atom. The van der Waals surface area contributed by atoms with Gasteiger partial charge in [0.15, 0.2) is 0 Å².